The Morgan fingerprint density at radius 3 is 2.38 bits per heavy atom. The lowest BCUT2D eigenvalue weighted by Crippen LogP contribution is -2.03. The molecule has 0 saturated heterocycles. The first-order chi connectivity index (χ1) is 5.92. The third-order valence-electron chi connectivity index (χ3n) is 0.740. The van der Waals surface area contributed by atoms with Gasteiger partial charge in [0.25, 0.3) is 0 Å². The average Bonchev–Trinajstić information content (AvgIpc) is 1.93. The minimum atomic E-state index is -4.44. The summed E-state index contributed by atoms with van der Waals surface area (Å²) in [7, 11) is -4.44. The number of rotatable bonds is 6. The van der Waals surface area contributed by atoms with Gasteiger partial charge in [0.2, 0.25) is 0 Å². The largest absolute Gasteiger partial charge is 0.750 e. The van der Waals surface area contributed by atoms with E-state index in [1.807, 2.05) is 0 Å². The van der Waals surface area contributed by atoms with Gasteiger partial charge in [-0.2, -0.15) is 8.42 Å². The summed E-state index contributed by atoms with van der Waals surface area (Å²) >= 11 is -2.60. The molecule has 0 aliphatic heterocycles. The van der Waals surface area contributed by atoms with Crippen molar-refractivity contribution in [2.75, 3.05) is 13.2 Å². The van der Waals surface area contributed by atoms with Crippen LogP contribution in [-0.2, 0) is 30.1 Å². The Labute approximate surface area is 77.8 Å². The Morgan fingerprint density at radius 2 is 1.92 bits per heavy atom. The molecule has 0 aromatic heterocycles. The Morgan fingerprint density at radius 1 is 1.38 bits per heavy atom. The van der Waals surface area contributed by atoms with Crippen molar-refractivity contribution >= 4 is 21.8 Å². The van der Waals surface area contributed by atoms with Gasteiger partial charge in [-0.15, -0.1) is 0 Å². The van der Waals surface area contributed by atoms with E-state index in [4.69, 9.17) is 4.55 Å². The Bertz CT molecular complexity index is 279. The van der Waals surface area contributed by atoms with Gasteiger partial charge in [0.05, 0.1) is 24.6 Å². The van der Waals surface area contributed by atoms with Crippen molar-refractivity contribution in [1.82, 2.24) is 0 Å². The average molecular weight is 231 g/mol. The smallest absolute Gasteiger partial charge is 0.397 e. The molecule has 0 heterocycles. The van der Waals surface area contributed by atoms with E-state index in [0.29, 0.717) is 0 Å². The number of hydrogen-bond donors (Lipinski definition) is 1. The third kappa shape index (κ3) is 11.7. The highest BCUT2D eigenvalue weighted by atomic mass is 32.3. The highest BCUT2D eigenvalue weighted by Crippen LogP contribution is 1.87. The fraction of sp³-hybridized carbons (Fsp3) is 0.500. The van der Waals surface area contributed by atoms with E-state index in [9.17, 15) is 17.2 Å². The fourth-order valence-electron chi connectivity index (χ4n) is 0.356. The molecule has 0 bridgehead atoms. The normalized spacial score (nSPS) is 14.9. The molecular weight excluding hydrogens is 224 g/mol. The summed E-state index contributed by atoms with van der Waals surface area (Å²) in [5.74, 6) is 0. The molecule has 0 radical (unpaired) electrons. The van der Waals surface area contributed by atoms with Crippen LogP contribution in [-0.4, -0.2) is 34.9 Å². The Hall–Kier alpha value is -0.320. The molecule has 1 N–H and O–H groups in total. The molecule has 9 heteroatoms. The predicted octanol–water partition coefficient (Wildman–Crippen LogP) is -0.827. The Balaban J connectivity index is 3.49. The van der Waals surface area contributed by atoms with Gasteiger partial charge in [-0.05, 0) is 0 Å². The topological polar surface area (TPSA) is 113 Å². The first-order valence-electron chi connectivity index (χ1n) is 2.91. The molecule has 0 aliphatic carbocycles. The second-order valence-corrected chi connectivity index (χ2v) is 3.41. The summed E-state index contributed by atoms with van der Waals surface area (Å²) in [5, 5.41) is 0. The molecule has 0 aromatic carbocycles. The second kappa shape index (κ2) is 6.18. The van der Waals surface area contributed by atoms with Crippen molar-refractivity contribution in [3.05, 3.63) is 12.2 Å². The van der Waals surface area contributed by atoms with Crippen LogP contribution < -0.4 is 0 Å². The van der Waals surface area contributed by atoms with Gasteiger partial charge in [-0.3, -0.25) is 8.74 Å². The van der Waals surface area contributed by atoms with Crippen LogP contribution in [0.1, 0.15) is 0 Å². The van der Waals surface area contributed by atoms with Crippen molar-refractivity contribution in [3.8, 4) is 0 Å². The maximum Gasteiger partial charge on any atom is 0.397 e. The molecule has 0 aromatic rings. The minimum Gasteiger partial charge on any atom is -0.750 e. The van der Waals surface area contributed by atoms with Gasteiger partial charge in [-0.25, -0.2) is 8.39 Å². The molecule has 7 nitrogen and oxygen atoms in total. The van der Waals surface area contributed by atoms with Crippen LogP contribution in [0.15, 0.2) is 12.2 Å². The summed E-state index contributed by atoms with van der Waals surface area (Å²) in [5.41, 5.74) is 0. The molecule has 1 atom stereocenters. The van der Waals surface area contributed by atoms with E-state index in [0.717, 1.165) is 0 Å². The molecule has 78 valence electrons. The van der Waals surface area contributed by atoms with Gasteiger partial charge in [0, 0.05) is 0 Å². The summed E-state index contributed by atoms with van der Waals surface area (Å²) in [6.45, 7) is -0.599. The van der Waals surface area contributed by atoms with Crippen LogP contribution in [0.5, 0.6) is 0 Å². The predicted molar refractivity (Wildman–Crippen MR) is 41.5 cm³/mol. The van der Waals surface area contributed by atoms with Crippen LogP contribution in [0, 0.1) is 0 Å². The monoisotopic (exact) mass is 231 g/mol. The van der Waals surface area contributed by atoms with Crippen LogP contribution in [0.4, 0.5) is 0 Å². The third-order valence-corrected chi connectivity index (χ3v) is 1.50. The summed E-state index contributed by atoms with van der Waals surface area (Å²) < 4.78 is 55.4. The molecular formula is C4H7O7S2-. The van der Waals surface area contributed by atoms with Gasteiger partial charge >= 0.3 is 10.4 Å². The van der Waals surface area contributed by atoms with Crippen LogP contribution in [0.25, 0.3) is 0 Å². The maximum absolute atomic E-state index is 9.94. The highest BCUT2D eigenvalue weighted by Gasteiger charge is 1.99. The molecule has 0 rings (SSSR count). The molecule has 0 amide bonds. The molecule has 13 heavy (non-hydrogen) atoms. The van der Waals surface area contributed by atoms with E-state index < -0.39 is 21.8 Å². The molecule has 0 fully saturated rings. The van der Waals surface area contributed by atoms with E-state index in [1.165, 1.54) is 12.2 Å². The molecule has 0 aliphatic rings. The Kier molecular flexibility index (Phi) is 6.03. The van der Waals surface area contributed by atoms with Crippen LogP contribution in [0.3, 0.4) is 0 Å². The lowest BCUT2D eigenvalue weighted by Gasteiger charge is -2.00. The zero-order chi connectivity index (χ0) is 10.3. The lowest BCUT2D eigenvalue weighted by atomic mass is 10.5. The lowest BCUT2D eigenvalue weighted by molar-refractivity contribution is 0.294. The SMILES string of the molecule is O=S([O-])OC/C=C/COS(=O)(=O)O. The van der Waals surface area contributed by atoms with Crippen LogP contribution in [0.2, 0.25) is 0 Å². The molecule has 0 saturated carbocycles. The summed E-state index contributed by atoms with van der Waals surface area (Å²) in [6, 6.07) is 0. The summed E-state index contributed by atoms with van der Waals surface area (Å²) in [4.78, 5) is 0. The first kappa shape index (κ1) is 12.7. The van der Waals surface area contributed by atoms with Gasteiger partial charge < -0.3 is 4.55 Å². The van der Waals surface area contributed by atoms with Crippen molar-refractivity contribution in [2.24, 2.45) is 0 Å². The van der Waals surface area contributed by atoms with Gasteiger partial charge in [0.15, 0.2) is 0 Å². The van der Waals surface area contributed by atoms with E-state index in [1.54, 1.807) is 0 Å². The summed E-state index contributed by atoms with van der Waals surface area (Å²) in [6.07, 6.45) is 2.40. The van der Waals surface area contributed by atoms with Crippen molar-refractivity contribution < 1.29 is 30.1 Å². The standard InChI is InChI=1S/C4H8O7S2/c5-12(6)10-3-1-2-4-11-13(7,8)9/h1-2H,3-4H2,(H,5,6)(H,7,8,9)/p-1/b2-1+. The first-order valence-corrected chi connectivity index (χ1v) is 5.27. The maximum atomic E-state index is 9.94. The molecule has 1 unspecified atom stereocenters. The second-order valence-electron chi connectivity index (χ2n) is 1.67. The minimum absolute atomic E-state index is 0.217. The quantitative estimate of drug-likeness (QED) is 0.360. The van der Waals surface area contributed by atoms with Gasteiger partial charge in [-0.1, -0.05) is 12.2 Å². The fourth-order valence-corrected chi connectivity index (χ4v) is 0.796. The van der Waals surface area contributed by atoms with E-state index in [2.05, 4.69) is 8.37 Å². The van der Waals surface area contributed by atoms with Crippen molar-refractivity contribution in [3.63, 3.8) is 0 Å². The van der Waals surface area contributed by atoms with Crippen molar-refractivity contribution in [2.45, 2.75) is 0 Å². The van der Waals surface area contributed by atoms with Crippen molar-refractivity contribution in [1.29, 1.82) is 0 Å². The van der Waals surface area contributed by atoms with Crippen LogP contribution >= 0.6 is 0 Å². The van der Waals surface area contributed by atoms with Gasteiger partial charge in [0.1, 0.15) is 0 Å². The molecule has 0 spiro atoms. The van der Waals surface area contributed by atoms with E-state index >= 15 is 0 Å². The zero-order valence-electron chi connectivity index (χ0n) is 6.28. The van der Waals surface area contributed by atoms with E-state index in [-0.39, 0.29) is 13.2 Å². The zero-order valence-corrected chi connectivity index (χ0v) is 7.92. The highest BCUT2D eigenvalue weighted by molar-refractivity contribution is 7.80. The number of hydrogen-bond acceptors (Lipinski definition) is 6.